The minimum Gasteiger partial charge on any atom is -0.387 e. The number of carbonyl (C=O) groups is 1. The third kappa shape index (κ3) is 1.40. The van der Waals surface area contributed by atoms with Crippen LogP contribution in [0.4, 0.5) is 0 Å². The number of rotatable bonds is 0. The number of fused-ring (bicyclic) bond motifs is 2. The van der Waals surface area contributed by atoms with Crippen LogP contribution in [0.25, 0.3) is 0 Å². The molecule has 0 bridgehead atoms. The largest absolute Gasteiger partial charge is 0.387 e. The molecule has 1 aromatic heterocycles. The van der Waals surface area contributed by atoms with E-state index in [1.165, 1.54) is 0 Å². The van der Waals surface area contributed by atoms with Crippen LogP contribution in [0.15, 0.2) is 11.4 Å². The molecule has 3 rings (SSSR count). The van der Waals surface area contributed by atoms with Crippen molar-refractivity contribution < 1.29 is 9.90 Å². The summed E-state index contributed by atoms with van der Waals surface area (Å²) in [6.07, 6.45) is 1.89. The molecule has 0 aromatic carbocycles. The Kier molecular flexibility index (Phi) is 2.07. The first kappa shape index (κ1) is 9.36. The van der Waals surface area contributed by atoms with Gasteiger partial charge in [0.05, 0.1) is 6.10 Å². The molecule has 1 fully saturated rings. The van der Waals surface area contributed by atoms with Crippen LogP contribution < -0.4 is 0 Å². The van der Waals surface area contributed by atoms with Gasteiger partial charge in [-0.25, -0.2) is 0 Å². The van der Waals surface area contributed by atoms with Crippen LogP contribution in [-0.2, 0) is 11.3 Å². The van der Waals surface area contributed by atoms with Gasteiger partial charge in [-0.1, -0.05) is 0 Å². The third-order valence-corrected chi connectivity index (χ3v) is 4.43. The van der Waals surface area contributed by atoms with Gasteiger partial charge in [-0.15, -0.1) is 11.3 Å². The lowest BCUT2D eigenvalue weighted by Gasteiger charge is -2.22. The zero-order valence-corrected chi connectivity index (χ0v) is 9.17. The van der Waals surface area contributed by atoms with E-state index in [-0.39, 0.29) is 18.1 Å². The molecule has 1 saturated heterocycles. The maximum absolute atomic E-state index is 11.6. The van der Waals surface area contributed by atoms with Crippen molar-refractivity contribution >= 4 is 17.2 Å². The number of aliphatic hydroxyl groups is 1. The van der Waals surface area contributed by atoms with Crippen LogP contribution in [0.1, 0.15) is 35.8 Å². The van der Waals surface area contributed by atoms with Crippen molar-refractivity contribution in [1.29, 1.82) is 0 Å². The van der Waals surface area contributed by atoms with E-state index in [4.69, 9.17) is 0 Å². The van der Waals surface area contributed by atoms with Crippen molar-refractivity contribution in [2.24, 2.45) is 0 Å². The maximum Gasteiger partial charge on any atom is 0.223 e. The number of carbonyl (C=O) groups excluding carboxylic acids is 1. The highest BCUT2D eigenvalue weighted by Gasteiger charge is 2.36. The van der Waals surface area contributed by atoms with Gasteiger partial charge in [-0.05, 0) is 29.9 Å². The molecule has 3 heterocycles. The molecule has 0 aliphatic carbocycles. The normalized spacial score (nSPS) is 29.9. The molecular weight excluding hydrogens is 210 g/mol. The van der Waals surface area contributed by atoms with E-state index in [2.05, 4.69) is 0 Å². The van der Waals surface area contributed by atoms with E-state index in [0.29, 0.717) is 19.4 Å². The van der Waals surface area contributed by atoms with E-state index in [1.807, 2.05) is 16.3 Å². The molecule has 2 unspecified atom stereocenters. The fraction of sp³-hybridized carbons (Fsp3) is 0.545. The van der Waals surface area contributed by atoms with E-state index in [0.717, 1.165) is 16.9 Å². The molecule has 80 valence electrons. The van der Waals surface area contributed by atoms with Crippen LogP contribution in [0.5, 0.6) is 0 Å². The highest BCUT2D eigenvalue weighted by Crippen LogP contribution is 2.37. The molecule has 3 nitrogen and oxygen atoms in total. The first-order chi connectivity index (χ1) is 7.25. The summed E-state index contributed by atoms with van der Waals surface area (Å²) in [6, 6.07) is 2.28. The van der Waals surface area contributed by atoms with Gasteiger partial charge < -0.3 is 10.0 Å². The van der Waals surface area contributed by atoms with Gasteiger partial charge in [0.1, 0.15) is 0 Å². The second-order valence-corrected chi connectivity index (χ2v) is 5.22. The van der Waals surface area contributed by atoms with Gasteiger partial charge in [0.2, 0.25) is 5.91 Å². The number of amides is 1. The summed E-state index contributed by atoms with van der Waals surface area (Å²) in [5, 5.41) is 12.0. The molecule has 1 N–H and O–H groups in total. The van der Waals surface area contributed by atoms with E-state index in [9.17, 15) is 9.90 Å². The predicted octanol–water partition coefficient (Wildman–Crippen LogP) is 1.68. The van der Waals surface area contributed by atoms with E-state index in [1.54, 1.807) is 11.3 Å². The summed E-state index contributed by atoms with van der Waals surface area (Å²) in [4.78, 5) is 14.6. The Hall–Kier alpha value is -0.870. The fourth-order valence-electron chi connectivity index (χ4n) is 2.57. The molecular formula is C11H13NO2S. The first-order valence-corrected chi connectivity index (χ1v) is 6.17. The lowest BCUT2D eigenvalue weighted by molar-refractivity contribution is -0.129. The van der Waals surface area contributed by atoms with Gasteiger partial charge in [0, 0.05) is 23.9 Å². The zero-order valence-electron chi connectivity index (χ0n) is 8.35. The van der Waals surface area contributed by atoms with Crippen molar-refractivity contribution in [3.05, 3.63) is 21.9 Å². The van der Waals surface area contributed by atoms with Crippen LogP contribution in [0.2, 0.25) is 0 Å². The molecule has 2 aliphatic heterocycles. The highest BCUT2D eigenvalue weighted by atomic mass is 32.1. The molecule has 0 saturated carbocycles. The van der Waals surface area contributed by atoms with Crippen LogP contribution in [-0.4, -0.2) is 22.0 Å². The monoisotopic (exact) mass is 223 g/mol. The highest BCUT2D eigenvalue weighted by molar-refractivity contribution is 7.10. The summed E-state index contributed by atoms with van der Waals surface area (Å²) in [6.45, 7) is 0.694. The number of aliphatic hydroxyl groups excluding tert-OH is 1. The predicted molar refractivity (Wildman–Crippen MR) is 57.5 cm³/mol. The second kappa shape index (κ2) is 3.32. The molecule has 4 heteroatoms. The zero-order chi connectivity index (χ0) is 10.4. The van der Waals surface area contributed by atoms with Crippen LogP contribution in [0.3, 0.4) is 0 Å². The Morgan fingerprint density at radius 2 is 2.40 bits per heavy atom. The van der Waals surface area contributed by atoms with Crippen molar-refractivity contribution in [2.75, 3.05) is 0 Å². The summed E-state index contributed by atoms with van der Waals surface area (Å²) < 4.78 is 0. The van der Waals surface area contributed by atoms with Crippen LogP contribution in [0, 0.1) is 0 Å². The van der Waals surface area contributed by atoms with Crippen molar-refractivity contribution in [3.63, 3.8) is 0 Å². The summed E-state index contributed by atoms with van der Waals surface area (Å²) in [5.41, 5.74) is 1.13. The lowest BCUT2D eigenvalue weighted by Crippen LogP contribution is -2.31. The topological polar surface area (TPSA) is 40.5 Å². The van der Waals surface area contributed by atoms with E-state index >= 15 is 0 Å². The molecule has 2 aliphatic rings. The lowest BCUT2D eigenvalue weighted by atomic mass is 10.1. The summed E-state index contributed by atoms with van der Waals surface area (Å²) in [5.74, 6) is 0.242. The quantitative estimate of drug-likeness (QED) is 0.727. The smallest absolute Gasteiger partial charge is 0.223 e. The maximum atomic E-state index is 11.6. The Morgan fingerprint density at radius 1 is 1.53 bits per heavy atom. The van der Waals surface area contributed by atoms with Crippen molar-refractivity contribution in [2.45, 2.75) is 38.0 Å². The van der Waals surface area contributed by atoms with Gasteiger partial charge >= 0.3 is 0 Å². The Morgan fingerprint density at radius 3 is 3.27 bits per heavy atom. The van der Waals surface area contributed by atoms with Gasteiger partial charge in [0.15, 0.2) is 0 Å². The minimum absolute atomic E-state index is 0.242. The molecule has 2 atom stereocenters. The SMILES string of the molecule is O=C1CCC2CC(O)c3sccc3CN12. The van der Waals surface area contributed by atoms with Crippen molar-refractivity contribution in [3.8, 4) is 0 Å². The Labute approximate surface area is 92.3 Å². The number of nitrogens with zero attached hydrogens (tertiary/aromatic N) is 1. The van der Waals surface area contributed by atoms with Gasteiger partial charge in [-0.2, -0.15) is 0 Å². The number of hydrogen-bond donors (Lipinski definition) is 1. The number of thiophene rings is 1. The average Bonchev–Trinajstić information content (AvgIpc) is 2.76. The number of hydrogen-bond acceptors (Lipinski definition) is 3. The molecule has 0 radical (unpaired) electrons. The Balaban J connectivity index is 1.98. The third-order valence-electron chi connectivity index (χ3n) is 3.37. The average molecular weight is 223 g/mol. The second-order valence-electron chi connectivity index (χ2n) is 4.28. The van der Waals surface area contributed by atoms with Gasteiger partial charge in [-0.3, -0.25) is 4.79 Å². The molecule has 0 spiro atoms. The Bertz CT molecular complexity index is 401. The fourth-order valence-corrected chi connectivity index (χ4v) is 3.49. The minimum atomic E-state index is -0.374. The van der Waals surface area contributed by atoms with Crippen LogP contribution >= 0.6 is 11.3 Å². The molecule has 1 aromatic rings. The van der Waals surface area contributed by atoms with Gasteiger partial charge in [0.25, 0.3) is 0 Å². The summed E-state index contributed by atoms with van der Waals surface area (Å²) >= 11 is 1.60. The standard InChI is InChI=1S/C11H13NO2S/c13-9-5-8-1-2-10(14)12(8)6-7-3-4-15-11(7)9/h3-4,8-9,13H,1-2,5-6H2. The summed E-state index contributed by atoms with van der Waals surface area (Å²) in [7, 11) is 0. The van der Waals surface area contributed by atoms with Crippen molar-refractivity contribution in [1.82, 2.24) is 4.90 Å². The molecule has 1 amide bonds. The first-order valence-electron chi connectivity index (χ1n) is 5.29. The molecule has 15 heavy (non-hydrogen) atoms. The van der Waals surface area contributed by atoms with E-state index < -0.39 is 0 Å².